The second-order valence-electron chi connectivity index (χ2n) is 10.0. The van der Waals surface area contributed by atoms with Crippen molar-refractivity contribution >= 4 is 0 Å². The normalized spacial score (nSPS) is 18.6. The molecule has 3 aromatic carbocycles. The molecule has 1 unspecified atom stereocenters. The molecule has 5 rings (SSSR count). The molecule has 1 aliphatic rings. The molecule has 0 radical (unpaired) electrons. The lowest BCUT2D eigenvalue weighted by molar-refractivity contribution is -0.104. The zero-order valence-electron chi connectivity index (χ0n) is 23.8. The van der Waals surface area contributed by atoms with E-state index in [9.17, 15) is 9.59 Å². The summed E-state index contributed by atoms with van der Waals surface area (Å²) < 4.78 is 31.4. The van der Waals surface area contributed by atoms with Crippen LogP contribution in [0.2, 0.25) is 0 Å². The Morgan fingerprint density at radius 3 is 2.02 bits per heavy atom. The van der Waals surface area contributed by atoms with Crippen LogP contribution >= 0.6 is 0 Å². The van der Waals surface area contributed by atoms with Crippen LogP contribution in [0.15, 0.2) is 94.6 Å². The molecule has 0 bridgehead atoms. The number of aryl methyl sites for hydroxylation is 1. The summed E-state index contributed by atoms with van der Waals surface area (Å²) in [6.45, 7) is 1.71. The van der Waals surface area contributed by atoms with Crippen molar-refractivity contribution < 1.29 is 23.7 Å². The molecule has 10 nitrogen and oxygen atoms in total. The van der Waals surface area contributed by atoms with Gasteiger partial charge in [0.15, 0.2) is 0 Å². The average molecular weight is 574 g/mol. The Kier molecular flexibility index (Phi) is 8.89. The Bertz CT molecular complexity index is 1540. The van der Waals surface area contributed by atoms with Gasteiger partial charge in [0.05, 0.1) is 33.7 Å². The molecular weight excluding hydrogens is 538 g/mol. The molecule has 0 aliphatic carbocycles. The third kappa shape index (κ3) is 5.75. The number of methoxy groups -OCH3 is 2. The van der Waals surface area contributed by atoms with Crippen LogP contribution in [0.4, 0.5) is 0 Å². The summed E-state index contributed by atoms with van der Waals surface area (Å²) in [5.41, 5.74) is 6.78. The first kappa shape index (κ1) is 29.3. The van der Waals surface area contributed by atoms with Crippen LogP contribution in [0.1, 0.15) is 34.9 Å². The fraction of sp³-hybridized carbons (Fsp3) is 0.312. The van der Waals surface area contributed by atoms with E-state index in [1.165, 1.54) is 10.8 Å². The van der Waals surface area contributed by atoms with Crippen LogP contribution in [0, 0.1) is 6.92 Å². The Balaban J connectivity index is 1.56. The van der Waals surface area contributed by atoms with Crippen molar-refractivity contribution in [3.63, 3.8) is 0 Å². The van der Waals surface area contributed by atoms with Gasteiger partial charge in [0, 0.05) is 18.2 Å². The molecule has 4 aromatic rings. The number of nitrogens with one attached hydrogen (secondary N) is 1. The van der Waals surface area contributed by atoms with Crippen LogP contribution in [0.5, 0.6) is 11.5 Å². The maximum Gasteiger partial charge on any atom is 0.330 e. The smallest absolute Gasteiger partial charge is 0.330 e. The molecule has 10 heteroatoms. The lowest BCUT2D eigenvalue weighted by Gasteiger charge is -2.37. The molecular formula is C32H35N3O7. The monoisotopic (exact) mass is 573 g/mol. The van der Waals surface area contributed by atoms with Gasteiger partial charge in [0.25, 0.3) is 5.56 Å². The Labute approximate surface area is 243 Å². The number of hydrogen-bond acceptors (Lipinski definition) is 8. The minimum absolute atomic E-state index is 0.0302. The van der Waals surface area contributed by atoms with E-state index in [-0.39, 0.29) is 13.3 Å². The quantitative estimate of drug-likeness (QED) is 0.206. The van der Waals surface area contributed by atoms with E-state index in [0.29, 0.717) is 12.0 Å². The van der Waals surface area contributed by atoms with Crippen molar-refractivity contribution in [3.05, 3.63) is 128 Å². The molecule has 0 saturated carbocycles. The van der Waals surface area contributed by atoms with Gasteiger partial charge in [0.1, 0.15) is 29.4 Å². The standard InChI is InChI=1S/C32H35N3O7/c1-21-18-35(31(37)34-30(21)36)29-17-27(40-20-33)28(42-29)19-41-32(22-7-5-4-6-8-22,23-9-13-25(38-2)14-10-23)24-11-15-26(39-3)16-12-24/h4-16,18,27-29H,17,19-20,33H2,1-3H3,(H,34,36,37)/t27?,28-,29-/m1/s1. The zero-order valence-corrected chi connectivity index (χ0v) is 23.8. The number of hydrogen-bond donors (Lipinski definition) is 2. The Hall–Kier alpha value is -4.22. The number of ether oxygens (including phenoxy) is 5. The van der Waals surface area contributed by atoms with Crippen molar-refractivity contribution in [2.45, 2.75) is 37.4 Å². The molecule has 3 N–H and O–H groups in total. The SMILES string of the molecule is COc1ccc(C(OC[C@H]2O[C@@H](n3cc(C)c(=O)[nH]c3=O)CC2OCN)(c2ccccc2)c2ccc(OC)cc2)cc1. The Morgan fingerprint density at radius 1 is 0.905 bits per heavy atom. The van der Waals surface area contributed by atoms with Gasteiger partial charge in [0.2, 0.25) is 0 Å². The lowest BCUT2D eigenvalue weighted by Crippen LogP contribution is -2.39. The maximum atomic E-state index is 12.6. The third-order valence-electron chi connectivity index (χ3n) is 7.58. The number of benzene rings is 3. The number of rotatable bonds is 11. The predicted molar refractivity (Wildman–Crippen MR) is 157 cm³/mol. The molecule has 42 heavy (non-hydrogen) atoms. The van der Waals surface area contributed by atoms with E-state index in [0.717, 1.165) is 28.2 Å². The second kappa shape index (κ2) is 12.7. The van der Waals surface area contributed by atoms with Crippen LogP contribution in [-0.4, -0.2) is 49.3 Å². The van der Waals surface area contributed by atoms with Crippen LogP contribution < -0.4 is 26.5 Å². The average Bonchev–Trinajstić information content (AvgIpc) is 3.42. The van der Waals surface area contributed by atoms with Gasteiger partial charge >= 0.3 is 5.69 Å². The van der Waals surface area contributed by atoms with Crippen LogP contribution in [-0.2, 0) is 19.8 Å². The van der Waals surface area contributed by atoms with E-state index in [1.54, 1.807) is 21.1 Å². The first-order valence-electron chi connectivity index (χ1n) is 13.7. The highest BCUT2D eigenvalue weighted by molar-refractivity contribution is 5.49. The molecule has 220 valence electrons. The summed E-state index contributed by atoms with van der Waals surface area (Å²) in [6.07, 6.45) is 0.139. The number of nitrogens with two attached hydrogens (primary N) is 1. The van der Waals surface area contributed by atoms with Crippen molar-refractivity contribution in [3.8, 4) is 11.5 Å². The van der Waals surface area contributed by atoms with E-state index >= 15 is 0 Å². The fourth-order valence-electron chi connectivity index (χ4n) is 5.40. The molecule has 1 saturated heterocycles. The first-order valence-corrected chi connectivity index (χ1v) is 13.7. The van der Waals surface area contributed by atoms with Crippen molar-refractivity contribution in [1.29, 1.82) is 0 Å². The first-order chi connectivity index (χ1) is 20.4. The Morgan fingerprint density at radius 2 is 1.48 bits per heavy atom. The molecule has 1 aliphatic heterocycles. The molecule has 2 heterocycles. The molecule has 0 amide bonds. The van der Waals surface area contributed by atoms with Gasteiger partial charge in [-0.1, -0.05) is 54.6 Å². The summed E-state index contributed by atoms with van der Waals surface area (Å²) in [4.78, 5) is 26.9. The number of aromatic nitrogens is 2. The fourth-order valence-corrected chi connectivity index (χ4v) is 5.40. The predicted octanol–water partition coefficient (Wildman–Crippen LogP) is 3.46. The number of aromatic amines is 1. The molecule has 1 aromatic heterocycles. The highest BCUT2D eigenvalue weighted by Crippen LogP contribution is 2.43. The van der Waals surface area contributed by atoms with Crippen molar-refractivity contribution in [2.75, 3.05) is 27.6 Å². The summed E-state index contributed by atoms with van der Waals surface area (Å²) in [7, 11) is 3.25. The van der Waals surface area contributed by atoms with E-state index in [1.807, 2.05) is 78.9 Å². The van der Waals surface area contributed by atoms with Gasteiger partial charge in [-0.25, -0.2) is 4.79 Å². The molecule has 3 atom stereocenters. The highest BCUT2D eigenvalue weighted by Gasteiger charge is 2.43. The largest absolute Gasteiger partial charge is 0.497 e. The van der Waals surface area contributed by atoms with Gasteiger partial charge in [-0.2, -0.15) is 0 Å². The third-order valence-corrected chi connectivity index (χ3v) is 7.58. The van der Waals surface area contributed by atoms with Gasteiger partial charge in [-0.15, -0.1) is 0 Å². The molecule has 1 fully saturated rings. The number of H-pyrrole nitrogens is 1. The summed E-state index contributed by atoms with van der Waals surface area (Å²) in [5, 5.41) is 0. The zero-order chi connectivity index (χ0) is 29.7. The summed E-state index contributed by atoms with van der Waals surface area (Å²) >= 11 is 0. The van der Waals surface area contributed by atoms with Gasteiger partial charge in [-0.3, -0.25) is 14.3 Å². The summed E-state index contributed by atoms with van der Waals surface area (Å²) in [6, 6.07) is 25.4. The van der Waals surface area contributed by atoms with E-state index in [2.05, 4.69) is 4.98 Å². The van der Waals surface area contributed by atoms with Gasteiger partial charge in [-0.05, 0) is 47.9 Å². The van der Waals surface area contributed by atoms with E-state index < -0.39 is 35.3 Å². The maximum absolute atomic E-state index is 12.6. The van der Waals surface area contributed by atoms with Gasteiger partial charge < -0.3 is 29.4 Å². The summed E-state index contributed by atoms with van der Waals surface area (Å²) in [5.74, 6) is 1.44. The van der Waals surface area contributed by atoms with Crippen molar-refractivity contribution in [2.24, 2.45) is 5.73 Å². The topological polar surface area (TPSA) is 127 Å². The highest BCUT2D eigenvalue weighted by atomic mass is 16.6. The minimum atomic E-state index is -1.06. The van der Waals surface area contributed by atoms with E-state index in [4.69, 9.17) is 29.4 Å². The molecule has 0 spiro atoms. The van der Waals surface area contributed by atoms with Crippen molar-refractivity contribution in [1.82, 2.24) is 9.55 Å². The van der Waals surface area contributed by atoms with Crippen LogP contribution in [0.25, 0.3) is 0 Å². The minimum Gasteiger partial charge on any atom is -0.497 e. The second-order valence-corrected chi connectivity index (χ2v) is 10.0. The number of nitrogens with zero attached hydrogens (tertiary/aromatic N) is 1. The van der Waals surface area contributed by atoms with Crippen LogP contribution in [0.3, 0.4) is 0 Å². The lowest BCUT2D eigenvalue weighted by atomic mass is 9.80.